The van der Waals surface area contributed by atoms with E-state index in [0.29, 0.717) is 5.41 Å². The predicted octanol–water partition coefficient (Wildman–Crippen LogP) is 2.98. The Morgan fingerprint density at radius 1 is 1.06 bits per heavy atom. The van der Waals surface area contributed by atoms with Gasteiger partial charge in [-0.05, 0) is 25.7 Å². The summed E-state index contributed by atoms with van der Waals surface area (Å²) in [4.78, 5) is 8.79. The maximum absolute atomic E-state index is 4.44. The van der Waals surface area contributed by atoms with Crippen molar-refractivity contribution in [2.45, 2.75) is 41.0 Å². The van der Waals surface area contributed by atoms with E-state index < -0.39 is 0 Å². The van der Waals surface area contributed by atoms with E-state index in [4.69, 9.17) is 0 Å². The zero-order valence-electron chi connectivity index (χ0n) is 11.8. The Balaban J connectivity index is 2.74. The number of hydrogen-bond acceptors (Lipinski definition) is 4. The number of aromatic nitrogens is 2. The molecule has 0 aliphatic rings. The zero-order chi connectivity index (χ0) is 13.1. The summed E-state index contributed by atoms with van der Waals surface area (Å²) < 4.78 is 0. The summed E-state index contributed by atoms with van der Waals surface area (Å²) >= 11 is 0. The number of anilines is 2. The quantitative estimate of drug-likeness (QED) is 0.844. The highest BCUT2D eigenvalue weighted by atomic mass is 15.1. The Morgan fingerprint density at radius 3 is 2.18 bits per heavy atom. The molecule has 1 rings (SSSR count). The summed E-state index contributed by atoms with van der Waals surface area (Å²) in [7, 11) is 1.88. The largest absolute Gasteiger partial charge is 0.373 e. The zero-order valence-corrected chi connectivity index (χ0v) is 11.8. The first kappa shape index (κ1) is 13.7. The lowest BCUT2D eigenvalue weighted by atomic mass is 9.92. The van der Waals surface area contributed by atoms with Crippen LogP contribution in [0.3, 0.4) is 0 Å². The van der Waals surface area contributed by atoms with Gasteiger partial charge in [0.1, 0.15) is 17.5 Å². The maximum atomic E-state index is 4.44. The Kier molecular flexibility index (Phi) is 4.32. The lowest BCUT2D eigenvalue weighted by Gasteiger charge is -2.19. The summed E-state index contributed by atoms with van der Waals surface area (Å²) in [5.41, 5.74) is 1.42. The molecule has 96 valence electrons. The molecule has 4 heteroatoms. The van der Waals surface area contributed by atoms with E-state index in [1.54, 1.807) is 0 Å². The molecule has 17 heavy (non-hydrogen) atoms. The summed E-state index contributed by atoms with van der Waals surface area (Å²) in [6.07, 6.45) is 1.12. The van der Waals surface area contributed by atoms with Gasteiger partial charge in [-0.1, -0.05) is 20.8 Å². The average molecular weight is 236 g/mol. The van der Waals surface area contributed by atoms with Gasteiger partial charge in [-0.15, -0.1) is 0 Å². The standard InChI is InChI=1S/C13H24N4/c1-9-11(14-6)16-10(2)17-12(9)15-8-7-13(3,4)5/h7-8H2,1-6H3,(H2,14,15,16,17). The van der Waals surface area contributed by atoms with Crippen LogP contribution in [0.2, 0.25) is 0 Å². The van der Waals surface area contributed by atoms with Gasteiger partial charge in [-0.3, -0.25) is 0 Å². The highest BCUT2D eigenvalue weighted by Gasteiger charge is 2.11. The van der Waals surface area contributed by atoms with Crippen LogP contribution in [0.15, 0.2) is 0 Å². The summed E-state index contributed by atoms with van der Waals surface area (Å²) in [5.74, 6) is 2.63. The minimum atomic E-state index is 0.342. The molecule has 1 heterocycles. The smallest absolute Gasteiger partial charge is 0.134 e. The molecule has 0 bridgehead atoms. The van der Waals surface area contributed by atoms with Gasteiger partial charge in [0.2, 0.25) is 0 Å². The van der Waals surface area contributed by atoms with Gasteiger partial charge in [-0.2, -0.15) is 0 Å². The third-order valence-corrected chi connectivity index (χ3v) is 2.66. The summed E-state index contributed by atoms with van der Waals surface area (Å²) in [6, 6.07) is 0. The van der Waals surface area contributed by atoms with Gasteiger partial charge in [0.05, 0.1) is 0 Å². The Labute approximate surface area is 104 Å². The topological polar surface area (TPSA) is 49.8 Å². The van der Waals surface area contributed by atoms with E-state index in [-0.39, 0.29) is 0 Å². The van der Waals surface area contributed by atoms with E-state index in [2.05, 4.69) is 41.4 Å². The molecule has 0 radical (unpaired) electrons. The highest BCUT2D eigenvalue weighted by Crippen LogP contribution is 2.21. The minimum absolute atomic E-state index is 0.342. The molecule has 0 saturated heterocycles. The molecule has 1 aromatic rings. The van der Waals surface area contributed by atoms with Crippen molar-refractivity contribution in [3.05, 3.63) is 11.4 Å². The van der Waals surface area contributed by atoms with Crippen molar-refractivity contribution in [1.29, 1.82) is 0 Å². The SMILES string of the molecule is CNc1nc(C)nc(NCCC(C)(C)C)c1C. The second-order valence-corrected chi connectivity index (χ2v) is 5.58. The fraction of sp³-hybridized carbons (Fsp3) is 0.692. The van der Waals surface area contributed by atoms with E-state index in [1.807, 2.05) is 20.9 Å². The second-order valence-electron chi connectivity index (χ2n) is 5.58. The van der Waals surface area contributed by atoms with Crippen molar-refractivity contribution in [2.75, 3.05) is 24.2 Å². The van der Waals surface area contributed by atoms with E-state index >= 15 is 0 Å². The molecule has 0 aliphatic carbocycles. The van der Waals surface area contributed by atoms with Crippen LogP contribution in [0, 0.1) is 19.3 Å². The number of nitrogens with one attached hydrogen (secondary N) is 2. The van der Waals surface area contributed by atoms with E-state index in [1.165, 1.54) is 0 Å². The molecule has 0 spiro atoms. The van der Waals surface area contributed by atoms with Crippen molar-refractivity contribution in [2.24, 2.45) is 5.41 Å². The normalized spacial score (nSPS) is 11.4. The Bertz CT molecular complexity index is 380. The molecular weight excluding hydrogens is 212 g/mol. The van der Waals surface area contributed by atoms with Crippen molar-refractivity contribution in [3.8, 4) is 0 Å². The number of nitrogens with zero attached hydrogens (tertiary/aromatic N) is 2. The third-order valence-electron chi connectivity index (χ3n) is 2.66. The first-order valence-corrected chi connectivity index (χ1v) is 6.10. The van der Waals surface area contributed by atoms with Crippen LogP contribution in [0.25, 0.3) is 0 Å². The molecule has 4 nitrogen and oxygen atoms in total. The average Bonchev–Trinajstić information content (AvgIpc) is 2.20. The molecule has 2 N–H and O–H groups in total. The molecule has 0 fully saturated rings. The molecular formula is C13H24N4. The second kappa shape index (κ2) is 5.34. The Morgan fingerprint density at radius 2 is 1.65 bits per heavy atom. The van der Waals surface area contributed by atoms with Gasteiger partial charge < -0.3 is 10.6 Å². The van der Waals surface area contributed by atoms with E-state index in [9.17, 15) is 0 Å². The van der Waals surface area contributed by atoms with Crippen molar-refractivity contribution < 1.29 is 0 Å². The molecule has 0 atom stereocenters. The lowest BCUT2D eigenvalue weighted by Crippen LogP contribution is -2.15. The van der Waals surface area contributed by atoms with Gasteiger partial charge >= 0.3 is 0 Å². The van der Waals surface area contributed by atoms with E-state index in [0.717, 1.165) is 36.0 Å². The van der Waals surface area contributed by atoms with Gasteiger partial charge in [0.15, 0.2) is 0 Å². The molecule has 0 aliphatic heterocycles. The summed E-state index contributed by atoms with van der Waals surface area (Å²) in [5, 5.41) is 6.49. The minimum Gasteiger partial charge on any atom is -0.373 e. The van der Waals surface area contributed by atoms with Crippen LogP contribution in [-0.4, -0.2) is 23.6 Å². The monoisotopic (exact) mass is 236 g/mol. The summed E-state index contributed by atoms with van der Waals surface area (Å²) in [6.45, 7) is 11.6. The van der Waals surface area contributed by atoms with Crippen molar-refractivity contribution in [3.63, 3.8) is 0 Å². The molecule has 1 aromatic heterocycles. The maximum Gasteiger partial charge on any atom is 0.134 e. The lowest BCUT2D eigenvalue weighted by molar-refractivity contribution is 0.389. The van der Waals surface area contributed by atoms with Crippen LogP contribution >= 0.6 is 0 Å². The highest BCUT2D eigenvalue weighted by molar-refractivity contribution is 5.56. The van der Waals surface area contributed by atoms with Crippen LogP contribution in [0.1, 0.15) is 38.6 Å². The fourth-order valence-corrected chi connectivity index (χ4v) is 1.60. The van der Waals surface area contributed by atoms with Gasteiger partial charge in [0, 0.05) is 19.2 Å². The van der Waals surface area contributed by atoms with Gasteiger partial charge in [0.25, 0.3) is 0 Å². The van der Waals surface area contributed by atoms with Crippen LogP contribution in [0.5, 0.6) is 0 Å². The number of aryl methyl sites for hydroxylation is 1. The molecule has 0 saturated carbocycles. The third kappa shape index (κ3) is 4.21. The van der Waals surface area contributed by atoms with Crippen LogP contribution < -0.4 is 10.6 Å². The van der Waals surface area contributed by atoms with Crippen molar-refractivity contribution in [1.82, 2.24) is 9.97 Å². The predicted molar refractivity (Wildman–Crippen MR) is 73.6 cm³/mol. The van der Waals surface area contributed by atoms with Crippen molar-refractivity contribution >= 4 is 11.6 Å². The first-order chi connectivity index (χ1) is 7.83. The first-order valence-electron chi connectivity index (χ1n) is 6.10. The molecule has 0 unspecified atom stereocenters. The van der Waals surface area contributed by atoms with Crippen LogP contribution in [0.4, 0.5) is 11.6 Å². The molecule has 0 amide bonds. The number of rotatable bonds is 4. The fourth-order valence-electron chi connectivity index (χ4n) is 1.60. The van der Waals surface area contributed by atoms with Crippen LogP contribution in [-0.2, 0) is 0 Å². The molecule has 0 aromatic carbocycles. The van der Waals surface area contributed by atoms with Gasteiger partial charge in [-0.25, -0.2) is 9.97 Å². The Hall–Kier alpha value is -1.32. The number of hydrogen-bond donors (Lipinski definition) is 2.